The molecule has 29 heavy (non-hydrogen) atoms. The highest BCUT2D eigenvalue weighted by molar-refractivity contribution is 7.19. The minimum absolute atomic E-state index is 0.836. The first-order valence-corrected chi connectivity index (χ1v) is 11.6. The van der Waals surface area contributed by atoms with Crippen LogP contribution in [-0.4, -0.2) is 15.0 Å². The van der Waals surface area contributed by atoms with E-state index >= 15 is 0 Å². The second-order valence-corrected chi connectivity index (χ2v) is 9.08. The maximum absolute atomic E-state index is 4.77. The smallest absolute Gasteiger partial charge is 0.189 e. The van der Waals surface area contributed by atoms with Gasteiger partial charge in [-0.2, -0.15) is 0 Å². The number of hydrogen-bond acceptors (Lipinski definition) is 7. The van der Waals surface area contributed by atoms with Crippen LogP contribution in [0.5, 0.6) is 0 Å². The second kappa shape index (κ2) is 7.87. The summed E-state index contributed by atoms with van der Waals surface area (Å²) in [4.78, 5) is 15.3. The minimum atomic E-state index is 0.836. The van der Waals surface area contributed by atoms with Gasteiger partial charge in [0.15, 0.2) is 10.3 Å². The molecule has 3 aromatic heterocycles. The zero-order chi connectivity index (χ0) is 19.6. The number of aromatic nitrogens is 3. The van der Waals surface area contributed by atoms with E-state index in [2.05, 4.69) is 45.3 Å². The number of hydrogen-bond donors (Lipinski definition) is 1. The van der Waals surface area contributed by atoms with Crippen molar-refractivity contribution in [3.63, 3.8) is 0 Å². The van der Waals surface area contributed by atoms with Crippen LogP contribution in [0.1, 0.15) is 5.69 Å². The molecule has 1 N–H and O–H groups in total. The van der Waals surface area contributed by atoms with E-state index in [1.807, 2.05) is 43.3 Å². The van der Waals surface area contributed by atoms with Crippen LogP contribution >= 0.6 is 34.0 Å². The molecule has 0 unspecified atom stereocenters. The topological polar surface area (TPSA) is 50.7 Å². The molecule has 0 spiro atoms. The van der Waals surface area contributed by atoms with Gasteiger partial charge in [-0.3, -0.25) is 0 Å². The molecule has 0 saturated carbocycles. The van der Waals surface area contributed by atoms with E-state index in [1.165, 1.54) is 0 Å². The molecular weight excluding hydrogens is 416 g/mol. The quantitative estimate of drug-likeness (QED) is 0.321. The van der Waals surface area contributed by atoms with Crippen LogP contribution in [0.2, 0.25) is 0 Å². The van der Waals surface area contributed by atoms with Gasteiger partial charge in [0.05, 0.1) is 22.0 Å². The fourth-order valence-electron chi connectivity index (χ4n) is 2.94. The highest BCUT2D eigenvalue weighted by atomic mass is 32.1. The molecule has 0 radical (unpaired) electrons. The summed E-state index contributed by atoms with van der Waals surface area (Å²) in [6.07, 6.45) is 0. The summed E-state index contributed by atoms with van der Waals surface area (Å²) in [5.74, 6) is 0. The summed E-state index contributed by atoms with van der Waals surface area (Å²) in [6.45, 7) is 2.04. The molecule has 0 bridgehead atoms. The number of nitrogens with one attached hydrogen (secondary N) is 1. The number of rotatable bonds is 5. The molecule has 3 heterocycles. The highest BCUT2D eigenvalue weighted by Gasteiger charge is 2.15. The van der Waals surface area contributed by atoms with Gasteiger partial charge in [0.1, 0.15) is 5.01 Å². The van der Waals surface area contributed by atoms with Crippen LogP contribution in [0.25, 0.3) is 32.4 Å². The SMILES string of the molecule is Cc1nc(-c2ccccc2)sc1-c1csc(Nc2nc(-c3ccccc3)cs2)n1. The van der Waals surface area contributed by atoms with Gasteiger partial charge >= 0.3 is 0 Å². The van der Waals surface area contributed by atoms with Gasteiger partial charge in [0.2, 0.25) is 0 Å². The Morgan fingerprint density at radius 1 is 0.690 bits per heavy atom. The summed E-state index contributed by atoms with van der Waals surface area (Å²) in [5.41, 5.74) is 5.18. The Hall–Kier alpha value is -2.87. The average molecular weight is 433 g/mol. The number of aryl methyl sites for hydroxylation is 1. The zero-order valence-corrected chi connectivity index (χ0v) is 17.9. The third-order valence-corrected chi connectivity index (χ3v) is 7.09. The third kappa shape index (κ3) is 3.85. The van der Waals surface area contributed by atoms with E-state index in [-0.39, 0.29) is 0 Å². The molecule has 0 saturated heterocycles. The van der Waals surface area contributed by atoms with Gasteiger partial charge in [0.25, 0.3) is 0 Å². The van der Waals surface area contributed by atoms with Crippen molar-refractivity contribution >= 4 is 44.3 Å². The predicted octanol–water partition coefficient (Wildman–Crippen LogP) is 7.11. The van der Waals surface area contributed by atoms with E-state index < -0.39 is 0 Å². The first-order chi connectivity index (χ1) is 14.3. The van der Waals surface area contributed by atoms with Crippen LogP contribution in [0.3, 0.4) is 0 Å². The lowest BCUT2D eigenvalue weighted by molar-refractivity contribution is 1.26. The van der Waals surface area contributed by atoms with Gasteiger partial charge < -0.3 is 5.32 Å². The Morgan fingerprint density at radius 2 is 1.28 bits per heavy atom. The van der Waals surface area contributed by atoms with Crippen molar-refractivity contribution in [2.45, 2.75) is 6.92 Å². The maximum Gasteiger partial charge on any atom is 0.189 e. The number of benzene rings is 2. The lowest BCUT2D eigenvalue weighted by Crippen LogP contribution is -1.89. The summed E-state index contributed by atoms with van der Waals surface area (Å²) >= 11 is 4.84. The molecule has 2 aromatic carbocycles. The van der Waals surface area contributed by atoms with Crippen LogP contribution in [0.15, 0.2) is 71.4 Å². The van der Waals surface area contributed by atoms with E-state index in [1.54, 1.807) is 34.0 Å². The molecule has 0 amide bonds. The molecule has 0 fully saturated rings. The van der Waals surface area contributed by atoms with Crippen molar-refractivity contribution in [3.8, 4) is 32.4 Å². The molecule has 0 aliphatic carbocycles. The van der Waals surface area contributed by atoms with E-state index in [4.69, 9.17) is 9.97 Å². The largest absolute Gasteiger partial charge is 0.307 e. The number of nitrogens with zero attached hydrogens (tertiary/aromatic N) is 3. The third-order valence-electron chi connectivity index (χ3n) is 4.34. The van der Waals surface area contributed by atoms with E-state index in [0.717, 1.165) is 48.4 Å². The van der Waals surface area contributed by atoms with Gasteiger partial charge in [-0.05, 0) is 6.92 Å². The Labute approximate surface area is 180 Å². The Morgan fingerprint density at radius 3 is 1.97 bits per heavy atom. The Bertz CT molecular complexity index is 1240. The summed E-state index contributed by atoms with van der Waals surface area (Å²) in [5, 5.41) is 10.2. The molecule has 7 heteroatoms. The molecule has 0 aliphatic rings. The monoisotopic (exact) mass is 432 g/mol. The van der Waals surface area contributed by atoms with Crippen LogP contribution in [0, 0.1) is 6.92 Å². The van der Waals surface area contributed by atoms with Gasteiger partial charge in [-0.1, -0.05) is 60.7 Å². The molecule has 5 aromatic rings. The summed E-state index contributed by atoms with van der Waals surface area (Å²) < 4.78 is 0. The fraction of sp³-hybridized carbons (Fsp3) is 0.0455. The van der Waals surface area contributed by atoms with E-state index in [0.29, 0.717) is 0 Å². The molecular formula is C22H16N4S3. The van der Waals surface area contributed by atoms with Crippen LogP contribution < -0.4 is 5.32 Å². The highest BCUT2D eigenvalue weighted by Crippen LogP contribution is 2.37. The first kappa shape index (κ1) is 18.2. The first-order valence-electron chi connectivity index (χ1n) is 9.03. The Kier molecular flexibility index (Phi) is 4.93. The van der Waals surface area contributed by atoms with Crippen molar-refractivity contribution in [1.29, 1.82) is 0 Å². The Balaban J connectivity index is 1.37. The van der Waals surface area contributed by atoms with Crippen molar-refractivity contribution in [2.24, 2.45) is 0 Å². The van der Waals surface area contributed by atoms with Gasteiger partial charge in [-0.15, -0.1) is 34.0 Å². The second-order valence-electron chi connectivity index (χ2n) is 6.37. The molecule has 142 valence electrons. The molecule has 4 nitrogen and oxygen atoms in total. The molecule has 5 rings (SSSR count). The number of thiazole rings is 3. The van der Waals surface area contributed by atoms with Crippen LogP contribution in [-0.2, 0) is 0 Å². The predicted molar refractivity (Wildman–Crippen MR) is 124 cm³/mol. The van der Waals surface area contributed by atoms with Crippen molar-refractivity contribution in [2.75, 3.05) is 5.32 Å². The van der Waals surface area contributed by atoms with E-state index in [9.17, 15) is 0 Å². The lowest BCUT2D eigenvalue weighted by Gasteiger charge is -1.97. The van der Waals surface area contributed by atoms with Gasteiger partial charge in [-0.25, -0.2) is 15.0 Å². The van der Waals surface area contributed by atoms with Crippen molar-refractivity contribution < 1.29 is 0 Å². The minimum Gasteiger partial charge on any atom is -0.307 e. The fourth-order valence-corrected chi connectivity index (χ4v) is 5.53. The summed E-state index contributed by atoms with van der Waals surface area (Å²) in [6, 6.07) is 20.5. The standard InChI is InChI=1S/C22H16N4S3/c1-14-19(29-20(23-14)16-10-6-3-7-11-16)18-13-28-22(25-18)26-21-24-17(12-27-21)15-8-4-2-5-9-15/h2-13H,1H3,(H,24,25,26). The summed E-state index contributed by atoms with van der Waals surface area (Å²) in [7, 11) is 0. The normalized spacial score (nSPS) is 10.9. The average Bonchev–Trinajstić information content (AvgIpc) is 3.50. The lowest BCUT2D eigenvalue weighted by atomic mass is 10.2. The van der Waals surface area contributed by atoms with Gasteiger partial charge in [0, 0.05) is 21.9 Å². The van der Waals surface area contributed by atoms with Crippen LogP contribution in [0.4, 0.5) is 10.3 Å². The maximum atomic E-state index is 4.77. The molecule has 0 aliphatic heterocycles. The zero-order valence-electron chi connectivity index (χ0n) is 15.5. The van der Waals surface area contributed by atoms with Crippen molar-refractivity contribution in [3.05, 3.63) is 77.1 Å². The number of anilines is 2. The van der Waals surface area contributed by atoms with Crippen molar-refractivity contribution in [1.82, 2.24) is 15.0 Å². The molecule has 0 atom stereocenters.